The van der Waals surface area contributed by atoms with E-state index in [0.29, 0.717) is 28.3 Å². The first kappa shape index (κ1) is 31.6. The van der Waals surface area contributed by atoms with Crippen molar-refractivity contribution in [3.8, 4) is 22.8 Å². The first-order valence-corrected chi connectivity index (χ1v) is 13.6. The number of carbonyl (C=O) groups excluding carboxylic acids is 4. The van der Waals surface area contributed by atoms with Crippen LogP contribution in [0.4, 0.5) is 4.79 Å². The predicted octanol–water partition coefficient (Wildman–Crippen LogP) is 4.12. The smallest absolute Gasteiger partial charge is 0.339 e. The molecule has 1 aliphatic heterocycles. The highest BCUT2D eigenvalue weighted by Gasteiger charge is 2.32. The van der Waals surface area contributed by atoms with Gasteiger partial charge in [-0.15, -0.1) is 0 Å². The van der Waals surface area contributed by atoms with Crippen molar-refractivity contribution in [3.05, 3.63) is 81.7 Å². The lowest BCUT2D eigenvalue weighted by Gasteiger charge is -2.28. The zero-order chi connectivity index (χ0) is 31.8. The summed E-state index contributed by atoms with van der Waals surface area (Å²) >= 11 is 6.07. The summed E-state index contributed by atoms with van der Waals surface area (Å²) in [5.74, 6) is -0.399. The summed E-state index contributed by atoms with van der Waals surface area (Å²) in [6.07, 6.45) is 1.30. The number of rotatable bonds is 11. The Kier molecular flexibility index (Phi) is 10.2. The van der Waals surface area contributed by atoms with E-state index in [-0.39, 0.29) is 34.3 Å². The van der Waals surface area contributed by atoms with E-state index in [9.17, 15) is 19.2 Å². The van der Waals surface area contributed by atoms with Gasteiger partial charge in [-0.05, 0) is 61.9 Å². The highest BCUT2D eigenvalue weighted by atomic mass is 35.5. The Morgan fingerprint density at radius 3 is 2.59 bits per heavy atom. The topological polar surface area (TPSA) is 167 Å². The fourth-order valence-corrected chi connectivity index (χ4v) is 4.47. The Morgan fingerprint density at radius 1 is 1.07 bits per heavy atom. The first-order valence-electron chi connectivity index (χ1n) is 13.2. The van der Waals surface area contributed by atoms with Gasteiger partial charge in [0.1, 0.15) is 11.5 Å². The molecule has 2 aromatic carbocycles. The Labute approximate surface area is 257 Å². The molecule has 0 saturated carbocycles. The number of esters is 2. The minimum atomic E-state index is -0.792. The Hall–Kier alpha value is -5.30. The number of nitrogens with one attached hydrogen (secondary N) is 3. The molecule has 0 radical (unpaired) electrons. The predicted molar refractivity (Wildman–Crippen MR) is 158 cm³/mol. The van der Waals surface area contributed by atoms with E-state index in [1.165, 1.54) is 20.4 Å². The molecule has 2 heterocycles. The van der Waals surface area contributed by atoms with Crippen LogP contribution in [0.25, 0.3) is 11.3 Å². The molecule has 230 valence electrons. The molecule has 0 fully saturated rings. The maximum absolute atomic E-state index is 12.6. The van der Waals surface area contributed by atoms with E-state index in [1.54, 1.807) is 62.4 Å². The molecule has 0 saturated heterocycles. The van der Waals surface area contributed by atoms with Crippen LogP contribution in [0, 0.1) is 0 Å². The fourth-order valence-electron chi connectivity index (χ4n) is 4.27. The molecule has 0 bridgehead atoms. The third-order valence-corrected chi connectivity index (χ3v) is 6.64. The van der Waals surface area contributed by atoms with Gasteiger partial charge in [-0.3, -0.25) is 4.79 Å². The van der Waals surface area contributed by atoms with E-state index in [1.807, 2.05) is 0 Å². The van der Waals surface area contributed by atoms with Crippen molar-refractivity contribution in [2.75, 3.05) is 27.4 Å². The minimum absolute atomic E-state index is 0.170. The summed E-state index contributed by atoms with van der Waals surface area (Å²) in [6.45, 7) is 3.08. The van der Waals surface area contributed by atoms with Gasteiger partial charge in [0, 0.05) is 11.3 Å². The van der Waals surface area contributed by atoms with Crippen LogP contribution in [0.1, 0.15) is 41.6 Å². The van der Waals surface area contributed by atoms with Crippen LogP contribution in [-0.2, 0) is 19.1 Å². The molecule has 4 rings (SSSR count). The van der Waals surface area contributed by atoms with E-state index in [4.69, 9.17) is 35.0 Å². The molecular formula is C30H29ClN4O9. The van der Waals surface area contributed by atoms with Gasteiger partial charge < -0.3 is 34.0 Å². The molecule has 3 N–H and O–H groups in total. The number of hydrogen-bond donors (Lipinski definition) is 3. The zero-order valence-corrected chi connectivity index (χ0v) is 24.9. The normalized spacial score (nSPS) is 14.5. The molecular weight excluding hydrogens is 596 g/mol. The second-order valence-corrected chi connectivity index (χ2v) is 9.58. The van der Waals surface area contributed by atoms with Crippen LogP contribution in [0.15, 0.2) is 69.3 Å². The van der Waals surface area contributed by atoms with Crippen LogP contribution in [0.2, 0.25) is 5.02 Å². The summed E-state index contributed by atoms with van der Waals surface area (Å²) in [5, 5.41) is 9.43. The van der Waals surface area contributed by atoms with Crippen LogP contribution >= 0.6 is 11.6 Å². The number of hydrazone groups is 1. The summed E-state index contributed by atoms with van der Waals surface area (Å²) in [7, 11) is 2.68. The van der Waals surface area contributed by atoms with Gasteiger partial charge in [0.2, 0.25) is 0 Å². The fraction of sp³-hybridized carbons (Fsp3) is 0.233. The number of halogens is 1. The molecule has 3 amide bonds. The number of benzene rings is 2. The molecule has 1 unspecified atom stereocenters. The van der Waals surface area contributed by atoms with Gasteiger partial charge in [-0.2, -0.15) is 5.10 Å². The van der Waals surface area contributed by atoms with Crippen LogP contribution in [0.3, 0.4) is 0 Å². The SMILES string of the molecule is CCOC(=O)C1=C(C)NC(=O)NC1c1ccc(OCC(=O)N/N=C/c2ccc(-c3ccc(Cl)c(C(=O)OC)c3)o2)c(OC)c1. The van der Waals surface area contributed by atoms with Gasteiger partial charge >= 0.3 is 18.0 Å². The number of urea groups is 1. The van der Waals surface area contributed by atoms with E-state index < -0.39 is 36.5 Å². The lowest BCUT2D eigenvalue weighted by molar-refractivity contribution is -0.139. The number of nitrogens with zero attached hydrogens (tertiary/aromatic N) is 1. The van der Waals surface area contributed by atoms with Crippen molar-refractivity contribution in [1.82, 2.24) is 16.1 Å². The van der Waals surface area contributed by atoms with Crippen molar-refractivity contribution < 1.29 is 42.5 Å². The summed E-state index contributed by atoms with van der Waals surface area (Å²) in [4.78, 5) is 49.0. The quantitative estimate of drug-likeness (QED) is 0.162. The highest BCUT2D eigenvalue weighted by Crippen LogP contribution is 2.34. The number of furan rings is 1. The van der Waals surface area contributed by atoms with Gasteiger partial charge in [-0.25, -0.2) is 19.8 Å². The van der Waals surface area contributed by atoms with E-state index in [2.05, 4.69) is 21.2 Å². The molecule has 3 aromatic rings. The third-order valence-electron chi connectivity index (χ3n) is 6.31. The third kappa shape index (κ3) is 7.36. The van der Waals surface area contributed by atoms with E-state index >= 15 is 0 Å². The highest BCUT2D eigenvalue weighted by molar-refractivity contribution is 6.33. The second-order valence-electron chi connectivity index (χ2n) is 9.17. The van der Waals surface area contributed by atoms with Crippen LogP contribution < -0.4 is 25.5 Å². The van der Waals surface area contributed by atoms with Gasteiger partial charge in [0.25, 0.3) is 5.91 Å². The number of carbonyl (C=O) groups is 4. The van der Waals surface area contributed by atoms with Crippen molar-refractivity contribution in [1.29, 1.82) is 0 Å². The molecule has 1 atom stereocenters. The largest absolute Gasteiger partial charge is 0.493 e. The molecule has 0 spiro atoms. The molecule has 14 heteroatoms. The Bertz CT molecular complexity index is 1650. The lowest BCUT2D eigenvalue weighted by Crippen LogP contribution is -2.45. The van der Waals surface area contributed by atoms with Crippen molar-refractivity contribution in [3.63, 3.8) is 0 Å². The summed E-state index contributed by atoms with van der Waals surface area (Å²) < 4.78 is 26.7. The van der Waals surface area contributed by atoms with Crippen LogP contribution in [0.5, 0.6) is 11.5 Å². The maximum Gasteiger partial charge on any atom is 0.339 e. The monoisotopic (exact) mass is 624 g/mol. The number of hydrogen-bond acceptors (Lipinski definition) is 10. The Morgan fingerprint density at radius 2 is 1.86 bits per heavy atom. The minimum Gasteiger partial charge on any atom is -0.493 e. The van der Waals surface area contributed by atoms with Crippen molar-refractivity contribution >= 4 is 41.7 Å². The average molecular weight is 625 g/mol. The van der Waals surface area contributed by atoms with Crippen LogP contribution in [-0.4, -0.2) is 57.5 Å². The van der Waals surface area contributed by atoms with Crippen molar-refractivity contribution in [2.45, 2.75) is 19.9 Å². The van der Waals surface area contributed by atoms with Gasteiger partial charge in [-0.1, -0.05) is 17.7 Å². The molecule has 44 heavy (non-hydrogen) atoms. The summed E-state index contributed by atoms with van der Waals surface area (Å²) in [6, 6.07) is 11.6. The number of allylic oxidation sites excluding steroid dienone is 1. The lowest BCUT2D eigenvalue weighted by atomic mass is 9.95. The first-order chi connectivity index (χ1) is 21.1. The number of ether oxygens (including phenoxy) is 4. The van der Waals surface area contributed by atoms with Crippen molar-refractivity contribution in [2.24, 2.45) is 5.10 Å². The Balaban J connectivity index is 1.38. The molecule has 1 aromatic heterocycles. The molecule has 13 nitrogen and oxygen atoms in total. The average Bonchev–Trinajstić information content (AvgIpc) is 3.48. The molecule has 0 aliphatic carbocycles. The zero-order valence-electron chi connectivity index (χ0n) is 24.2. The number of methoxy groups -OCH3 is 2. The standard InChI is InChI=1S/C30H29ClN4O9/c1-5-42-29(38)26-16(2)33-30(39)34-27(26)18-7-10-23(24(13-18)40-3)43-15-25(36)35-32-14-19-8-11-22(44-19)17-6-9-21(31)20(12-17)28(37)41-4/h6-14,27H,5,15H2,1-4H3,(H,35,36)(H2,33,34,39)/b32-14+. The maximum atomic E-state index is 12.6. The van der Waals surface area contributed by atoms with E-state index in [0.717, 1.165) is 0 Å². The number of amides is 3. The van der Waals surface area contributed by atoms with Gasteiger partial charge in [0.05, 0.1) is 49.2 Å². The molecule has 1 aliphatic rings. The van der Waals surface area contributed by atoms with Gasteiger partial charge in [0.15, 0.2) is 18.1 Å². The summed E-state index contributed by atoms with van der Waals surface area (Å²) in [5.41, 5.74) is 4.30. The second kappa shape index (κ2) is 14.2.